The zero-order valence-corrected chi connectivity index (χ0v) is 14.2. The molecule has 0 saturated carbocycles. The Morgan fingerprint density at radius 2 is 2.20 bits per heavy atom. The van der Waals surface area contributed by atoms with Crippen molar-refractivity contribution in [1.82, 2.24) is 15.3 Å². The Hall–Kier alpha value is -2.80. The van der Waals surface area contributed by atoms with Crippen LogP contribution in [0.2, 0.25) is 0 Å². The molecule has 2 N–H and O–H groups in total. The lowest BCUT2D eigenvalue weighted by Crippen LogP contribution is -2.32. The number of thiophene rings is 1. The Balaban J connectivity index is 1.56. The van der Waals surface area contributed by atoms with E-state index in [1.54, 1.807) is 0 Å². The Bertz CT molecular complexity index is 953. The molecule has 1 unspecified atom stereocenters. The number of carbonyl (C=O) groups is 2. The molecule has 0 radical (unpaired) electrons. The van der Waals surface area contributed by atoms with Crippen LogP contribution in [0, 0.1) is 0 Å². The molecule has 3 heterocycles. The van der Waals surface area contributed by atoms with Crippen LogP contribution in [-0.2, 0) is 4.79 Å². The molecule has 1 aliphatic heterocycles. The van der Waals surface area contributed by atoms with Gasteiger partial charge in [0.2, 0.25) is 5.91 Å². The van der Waals surface area contributed by atoms with Crippen molar-refractivity contribution in [2.75, 3.05) is 5.32 Å². The van der Waals surface area contributed by atoms with Crippen LogP contribution >= 0.6 is 11.3 Å². The van der Waals surface area contributed by atoms with Crippen molar-refractivity contribution in [3.05, 3.63) is 53.3 Å². The zero-order chi connectivity index (χ0) is 17.2. The number of carbonyl (C=O) groups excluding carboxylic acids is 2. The van der Waals surface area contributed by atoms with E-state index in [-0.39, 0.29) is 17.9 Å². The van der Waals surface area contributed by atoms with E-state index in [9.17, 15) is 9.59 Å². The van der Waals surface area contributed by atoms with Gasteiger partial charge in [-0.15, -0.1) is 11.3 Å². The first-order chi connectivity index (χ1) is 12.2. The minimum Gasteiger partial charge on any atom is -0.349 e. The Morgan fingerprint density at radius 3 is 3.08 bits per heavy atom. The van der Waals surface area contributed by atoms with Gasteiger partial charge in [0.1, 0.15) is 16.9 Å². The van der Waals surface area contributed by atoms with Crippen LogP contribution < -0.4 is 10.6 Å². The molecular weight excluding hydrogens is 336 g/mol. The number of piperidine rings is 1. The molecule has 6 nitrogen and oxygen atoms in total. The molecular formula is C18H16N4O2S. The van der Waals surface area contributed by atoms with Gasteiger partial charge in [-0.1, -0.05) is 12.1 Å². The van der Waals surface area contributed by atoms with Gasteiger partial charge in [-0.25, -0.2) is 9.97 Å². The van der Waals surface area contributed by atoms with Gasteiger partial charge in [-0.05, 0) is 42.0 Å². The maximum Gasteiger partial charge on any atom is 0.275 e. The highest BCUT2D eigenvalue weighted by Crippen LogP contribution is 2.26. The normalized spacial score (nSPS) is 17.3. The molecule has 126 valence electrons. The Morgan fingerprint density at radius 1 is 1.28 bits per heavy atom. The second-order valence-electron chi connectivity index (χ2n) is 5.95. The average molecular weight is 352 g/mol. The molecule has 4 rings (SSSR count). The molecule has 25 heavy (non-hydrogen) atoms. The van der Waals surface area contributed by atoms with Crippen molar-refractivity contribution in [3.63, 3.8) is 0 Å². The van der Waals surface area contributed by atoms with E-state index in [1.807, 2.05) is 35.7 Å². The first-order valence-electron chi connectivity index (χ1n) is 8.09. The first kappa shape index (κ1) is 15.7. The lowest BCUT2D eigenvalue weighted by molar-refractivity contribution is -0.123. The smallest absolute Gasteiger partial charge is 0.275 e. The Labute approximate surface area is 148 Å². The molecule has 2 amide bonds. The number of benzene rings is 1. The van der Waals surface area contributed by atoms with Crippen LogP contribution in [0.1, 0.15) is 41.4 Å². The van der Waals surface area contributed by atoms with Gasteiger partial charge in [-0.2, -0.15) is 0 Å². The lowest BCUT2D eigenvalue weighted by atomic mass is 9.97. The van der Waals surface area contributed by atoms with Gasteiger partial charge in [0.25, 0.3) is 5.91 Å². The highest BCUT2D eigenvalue weighted by Gasteiger charge is 2.20. The number of nitrogens with one attached hydrogen (secondary N) is 2. The minimum absolute atomic E-state index is 0.000679. The number of amides is 2. The lowest BCUT2D eigenvalue weighted by Gasteiger charge is -2.24. The number of hydrogen-bond donors (Lipinski definition) is 2. The van der Waals surface area contributed by atoms with Gasteiger partial charge in [-0.3, -0.25) is 9.59 Å². The molecule has 0 aliphatic carbocycles. The van der Waals surface area contributed by atoms with Gasteiger partial charge < -0.3 is 10.6 Å². The number of rotatable bonds is 3. The van der Waals surface area contributed by atoms with E-state index in [1.165, 1.54) is 17.7 Å². The van der Waals surface area contributed by atoms with Gasteiger partial charge in [0, 0.05) is 17.5 Å². The number of anilines is 1. The fraction of sp³-hybridized carbons (Fsp3) is 0.222. The van der Waals surface area contributed by atoms with E-state index in [4.69, 9.17) is 0 Å². The molecule has 1 saturated heterocycles. The third kappa shape index (κ3) is 3.23. The summed E-state index contributed by atoms with van der Waals surface area (Å²) in [4.78, 5) is 33.3. The topological polar surface area (TPSA) is 84.0 Å². The summed E-state index contributed by atoms with van der Waals surface area (Å²) >= 11 is 1.48. The second-order valence-corrected chi connectivity index (χ2v) is 6.85. The molecule has 1 atom stereocenters. The van der Waals surface area contributed by atoms with Crippen molar-refractivity contribution in [2.24, 2.45) is 0 Å². The average Bonchev–Trinajstić information content (AvgIpc) is 3.10. The number of fused-ring (bicyclic) bond motifs is 1. The predicted octanol–water partition coefficient (Wildman–Crippen LogP) is 3.28. The quantitative estimate of drug-likeness (QED) is 0.758. The van der Waals surface area contributed by atoms with Crippen molar-refractivity contribution in [2.45, 2.75) is 25.3 Å². The summed E-state index contributed by atoms with van der Waals surface area (Å²) < 4.78 is 0. The summed E-state index contributed by atoms with van der Waals surface area (Å²) in [6.07, 6.45) is 3.77. The van der Waals surface area contributed by atoms with Crippen LogP contribution in [0.5, 0.6) is 0 Å². The molecule has 1 aromatic carbocycles. The molecule has 1 fully saturated rings. The molecule has 7 heteroatoms. The maximum absolute atomic E-state index is 12.6. The summed E-state index contributed by atoms with van der Waals surface area (Å²) in [5.41, 5.74) is 2.04. The highest BCUT2D eigenvalue weighted by atomic mass is 32.1. The van der Waals surface area contributed by atoms with E-state index >= 15 is 0 Å². The Kier molecular flexibility index (Phi) is 4.15. The summed E-state index contributed by atoms with van der Waals surface area (Å²) in [6.45, 7) is 0. The van der Waals surface area contributed by atoms with Crippen molar-refractivity contribution < 1.29 is 9.59 Å². The fourth-order valence-corrected chi connectivity index (χ4v) is 3.78. The molecule has 1 aliphatic rings. The van der Waals surface area contributed by atoms with E-state index in [0.29, 0.717) is 17.8 Å². The van der Waals surface area contributed by atoms with E-state index < -0.39 is 0 Å². The van der Waals surface area contributed by atoms with E-state index in [2.05, 4.69) is 20.6 Å². The minimum atomic E-state index is -0.268. The first-order valence-corrected chi connectivity index (χ1v) is 8.97. The van der Waals surface area contributed by atoms with Crippen molar-refractivity contribution >= 4 is 39.1 Å². The summed E-state index contributed by atoms with van der Waals surface area (Å²) in [6, 6.07) is 9.43. The van der Waals surface area contributed by atoms with Gasteiger partial charge in [0.05, 0.1) is 6.04 Å². The highest BCUT2D eigenvalue weighted by molar-refractivity contribution is 7.16. The summed E-state index contributed by atoms with van der Waals surface area (Å²) in [5, 5.41) is 8.53. The van der Waals surface area contributed by atoms with Gasteiger partial charge >= 0.3 is 0 Å². The monoisotopic (exact) mass is 352 g/mol. The number of nitrogens with zero attached hydrogens (tertiary/aromatic N) is 2. The molecule has 2 aromatic heterocycles. The van der Waals surface area contributed by atoms with Crippen LogP contribution in [-0.4, -0.2) is 21.8 Å². The number of aromatic nitrogens is 2. The third-order valence-electron chi connectivity index (χ3n) is 4.26. The second kappa shape index (κ2) is 6.60. The predicted molar refractivity (Wildman–Crippen MR) is 96.5 cm³/mol. The van der Waals surface area contributed by atoms with Crippen molar-refractivity contribution in [3.8, 4) is 0 Å². The fourth-order valence-electron chi connectivity index (χ4n) is 3.05. The van der Waals surface area contributed by atoms with Crippen LogP contribution in [0.4, 0.5) is 5.69 Å². The van der Waals surface area contributed by atoms with Crippen LogP contribution in [0.25, 0.3) is 10.2 Å². The van der Waals surface area contributed by atoms with Crippen LogP contribution in [0.3, 0.4) is 0 Å². The largest absolute Gasteiger partial charge is 0.349 e. The molecule has 0 spiro atoms. The summed E-state index contributed by atoms with van der Waals surface area (Å²) in [5.74, 6) is -0.192. The standard InChI is InChI=1S/C18H16N4O2S/c23-15-6-2-5-14(22-15)11-3-1-4-12(9-11)21-17(24)16-13-7-8-25-18(13)20-10-19-16/h1,3-4,7-10,14H,2,5-6H2,(H,21,24)(H,22,23). The third-order valence-corrected chi connectivity index (χ3v) is 5.08. The SMILES string of the molecule is O=C1CCCC(c2cccc(NC(=O)c3ncnc4sccc34)c2)N1. The zero-order valence-electron chi connectivity index (χ0n) is 13.4. The van der Waals surface area contributed by atoms with E-state index in [0.717, 1.165) is 28.6 Å². The molecule has 0 bridgehead atoms. The number of hydrogen-bond acceptors (Lipinski definition) is 5. The van der Waals surface area contributed by atoms with Crippen LogP contribution in [0.15, 0.2) is 42.0 Å². The molecule has 3 aromatic rings. The maximum atomic E-state index is 12.6. The summed E-state index contributed by atoms with van der Waals surface area (Å²) in [7, 11) is 0. The van der Waals surface area contributed by atoms with Gasteiger partial charge in [0.15, 0.2) is 0 Å². The van der Waals surface area contributed by atoms with Crippen molar-refractivity contribution in [1.29, 1.82) is 0 Å².